The molecule has 0 aliphatic heterocycles. The van der Waals surface area contributed by atoms with Crippen molar-refractivity contribution in [1.29, 1.82) is 0 Å². The molecule has 0 bridgehead atoms. The van der Waals surface area contributed by atoms with Crippen molar-refractivity contribution in [2.75, 3.05) is 7.05 Å². The Hall–Kier alpha value is -3.48. The molecule has 28 heavy (non-hydrogen) atoms. The highest BCUT2D eigenvalue weighted by Crippen LogP contribution is 2.19. The number of carbonyl (C=O) groups excluding carboxylic acids is 1. The largest absolute Gasteiger partial charge is 0.334 e. The number of rotatable bonds is 5. The number of hydrogen-bond donors (Lipinski definition) is 0. The van der Waals surface area contributed by atoms with E-state index in [1.165, 1.54) is 5.56 Å². The molecular weight excluding hydrogens is 352 g/mol. The van der Waals surface area contributed by atoms with Crippen molar-refractivity contribution < 1.29 is 4.79 Å². The van der Waals surface area contributed by atoms with Gasteiger partial charge in [-0.3, -0.25) is 4.79 Å². The van der Waals surface area contributed by atoms with Crippen LogP contribution in [-0.4, -0.2) is 41.9 Å². The zero-order valence-corrected chi connectivity index (χ0v) is 16.2. The van der Waals surface area contributed by atoms with E-state index >= 15 is 0 Å². The van der Waals surface area contributed by atoms with Crippen LogP contribution in [0.4, 0.5) is 0 Å². The van der Waals surface area contributed by atoms with Crippen LogP contribution in [0.3, 0.4) is 0 Å². The number of carbonyl (C=O) groups is 1. The van der Waals surface area contributed by atoms with Gasteiger partial charge in [0.15, 0.2) is 5.65 Å². The Morgan fingerprint density at radius 2 is 1.89 bits per heavy atom. The standard InChI is InChI=1S/C21H22N6O/c1-15-24-19-17(9-10-23-20(19)26(15)3)21(28)25(2)14-18-22-11-12-27(18)13-16-7-5-4-6-8-16/h4-12H,13-14H2,1-3H3. The van der Waals surface area contributed by atoms with Crippen molar-refractivity contribution in [3.05, 3.63) is 77.8 Å². The average molecular weight is 374 g/mol. The van der Waals surface area contributed by atoms with Crippen LogP contribution in [0.15, 0.2) is 55.0 Å². The third-order valence-electron chi connectivity index (χ3n) is 4.93. The lowest BCUT2D eigenvalue weighted by Crippen LogP contribution is -2.28. The monoisotopic (exact) mass is 374 g/mol. The highest BCUT2D eigenvalue weighted by Gasteiger charge is 2.20. The van der Waals surface area contributed by atoms with Gasteiger partial charge < -0.3 is 14.0 Å². The SMILES string of the molecule is Cc1nc2c(C(=O)N(C)Cc3nccn3Cc3ccccc3)ccnc2n1C. The van der Waals surface area contributed by atoms with Crippen molar-refractivity contribution in [3.8, 4) is 0 Å². The van der Waals surface area contributed by atoms with E-state index in [2.05, 4.69) is 31.7 Å². The van der Waals surface area contributed by atoms with Crippen LogP contribution in [0, 0.1) is 6.92 Å². The Bertz CT molecular complexity index is 1130. The number of fused-ring (bicyclic) bond motifs is 1. The van der Waals surface area contributed by atoms with Gasteiger partial charge >= 0.3 is 0 Å². The predicted molar refractivity (Wildman–Crippen MR) is 107 cm³/mol. The van der Waals surface area contributed by atoms with Crippen molar-refractivity contribution in [3.63, 3.8) is 0 Å². The van der Waals surface area contributed by atoms with E-state index in [0.29, 0.717) is 23.3 Å². The van der Waals surface area contributed by atoms with Crippen molar-refractivity contribution in [2.24, 2.45) is 7.05 Å². The fraction of sp³-hybridized carbons (Fsp3) is 0.238. The number of amides is 1. The van der Waals surface area contributed by atoms with Gasteiger partial charge in [0.25, 0.3) is 5.91 Å². The fourth-order valence-corrected chi connectivity index (χ4v) is 3.27. The third kappa shape index (κ3) is 3.26. The van der Waals surface area contributed by atoms with Gasteiger partial charge in [0.1, 0.15) is 17.2 Å². The van der Waals surface area contributed by atoms with Crippen LogP contribution < -0.4 is 0 Å². The molecule has 1 aromatic carbocycles. The van der Waals surface area contributed by atoms with Gasteiger partial charge in [0.05, 0.1) is 12.1 Å². The first kappa shape index (κ1) is 17.9. The molecule has 0 N–H and O–H groups in total. The summed E-state index contributed by atoms with van der Waals surface area (Å²) in [6.07, 6.45) is 5.36. The highest BCUT2D eigenvalue weighted by molar-refractivity contribution is 6.03. The summed E-state index contributed by atoms with van der Waals surface area (Å²) in [4.78, 5) is 28.1. The molecule has 0 fully saturated rings. The molecule has 4 rings (SSSR count). The second-order valence-corrected chi connectivity index (χ2v) is 6.87. The Balaban J connectivity index is 1.57. The molecule has 0 saturated heterocycles. The maximum Gasteiger partial charge on any atom is 0.256 e. The number of benzene rings is 1. The van der Waals surface area contributed by atoms with Gasteiger partial charge in [-0.25, -0.2) is 15.0 Å². The van der Waals surface area contributed by atoms with Crippen LogP contribution in [-0.2, 0) is 20.1 Å². The number of pyridine rings is 1. The second kappa shape index (κ2) is 7.26. The lowest BCUT2D eigenvalue weighted by molar-refractivity contribution is 0.0782. The molecule has 3 aromatic heterocycles. The van der Waals surface area contributed by atoms with Gasteiger partial charge in [-0.1, -0.05) is 30.3 Å². The van der Waals surface area contributed by atoms with Crippen LogP contribution in [0.5, 0.6) is 0 Å². The summed E-state index contributed by atoms with van der Waals surface area (Å²) >= 11 is 0. The van der Waals surface area contributed by atoms with Gasteiger partial charge in [-0.2, -0.15) is 0 Å². The first-order chi connectivity index (χ1) is 13.5. The number of aromatic nitrogens is 5. The smallest absolute Gasteiger partial charge is 0.256 e. The zero-order valence-electron chi connectivity index (χ0n) is 16.2. The average Bonchev–Trinajstić information content (AvgIpc) is 3.26. The van der Waals surface area contributed by atoms with E-state index in [-0.39, 0.29) is 5.91 Å². The quantitative estimate of drug-likeness (QED) is 0.539. The number of nitrogens with zero attached hydrogens (tertiary/aromatic N) is 6. The Morgan fingerprint density at radius 1 is 1.11 bits per heavy atom. The van der Waals surface area contributed by atoms with Crippen LogP contribution in [0.2, 0.25) is 0 Å². The number of imidazole rings is 2. The molecule has 1 amide bonds. The summed E-state index contributed by atoms with van der Waals surface area (Å²) in [6.45, 7) is 3.03. The van der Waals surface area contributed by atoms with E-state index in [4.69, 9.17) is 0 Å². The van der Waals surface area contributed by atoms with Crippen LogP contribution >= 0.6 is 0 Å². The molecule has 0 aliphatic carbocycles. The summed E-state index contributed by atoms with van der Waals surface area (Å²) in [6, 6.07) is 11.9. The van der Waals surface area contributed by atoms with E-state index in [1.54, 1.807) is 30.4 Å². The van der Waals surface area contributed by atoms with Gasteiger partial charge in [0, 0.05) is 39.2 Å². The first-order valence-electron chi connectivity index (χ1n) is 9.12. The molecule has 7 nitrogen and oxygen atoms in total. The molecular formula is C21H22N6O. The Morgan fingerprint density at radius 3 is 2.68 bits per heavy atom. The van der Waals surface area contributed by atoms with Crippen molar-refractivity contribution in [2.45, 2.75) is 20.0 Å². The number of hydrogen-bond acceptors (Lipinski definition) is 4. The minimum atomic E-state index is -0.0974. The summed E-state index contributed by atoms with van der Waals surface area (Å²) in [5.74, 6) is 1.56. The fourth-order valence-electron chi connectivity index (χ4n) is 3.27. The summed E-state index contributed by atoms with van der Waals surface area (Å²) in [7, 11) is 3.68. The van der Waals surface area contributed by atoms with E-state index in [1.807, 2.05) is 42.9 Å². The molecule has 0 aliphatic rings. The topological polar surface area (TPSA) is 68.8 Å². The minimum Gasteiger partial charge on any atom is -0.334 e. The molecule has 0 saturated carbocycles. The normalized spacial score (nSPS) is 11.1. The summed E-state index contributed by atoms with van der Waals surface area (Å²) in [5.41, 5.74) is 3.09. The molecule has 0 unspecified atom stereocenters. The van der Waals surface area contributed by atoms with Gasteiger partial charge in [-0.15, -0.1) is 0 Å². The predicted octanol–water partition coefficient (Wildman–Crippen LogP) is 2.79. The van der Waals surface area contributed by atoms with Crippen LogP contribution in [0.25, 0.3) is 11.2 Å². The van der Waals surface area contributed by atoms with E-state index in [0.717, 1.165) is 18.2 Å². The molecule has 3 heterocycles. The van der Waals surface area contributed by atoms with Crippen molar-refractivity contribution >= 4 is 17.1 Å². The molecule has 0 spiro atoms. The van der Waals surface area contributed by atoms with Gasteiger partial charge in [0.2, 0.25) is 0 Å². The lowest BCUT2D eigenvalue weighted by atomic mass is 10.2. The van der Waals surface area contributed by atoms with E-state index in [9.17, 15) is 4.79 Å². The summed E-state index contributed by atoms with van der Waals surface area (Å²) in [5, 5.41) is 0. The Kier molecular flexibility index (Phi) is 4.65. The highest BCUT2D eigenvalue weighted by atomic mass is 16.2. The first-order valence-corrected chi connectivity index (χ1v) is 9.12. The Labute approximate surface area is 163 Å². The molecule has 4 aromatic rings. The maximum atomic E-state index is 13.1. The second-order valence-electron chi connectivity index (χ2n) is 6.87. The van der Waals surface area contributed by atoms with E-state index < -0.39 is 0 Å². The molecule has 142 valence electrons. The third-order valence-corrected chi connectivity index (χ3v) is 4.93. The minimum absolute atomic E-state index is 0.0974. The molecule has 0 atom stereocenters. The lowest BCUT2D eigenvalue weighted by Gasteiger charge is -2.18. The van der Waals surface area contributed by atoms with Crippen LogP contribution in [0.1, 0.15) is 27.6 Å². The summed E-state index contributed by atoms with van der Waals surface area (Å²) < 4.78 is 3.95. The molecule has 0 radical (unpaired) electrons. The maximum absolute atomic E-state index is 13.1. The molecule has 7 heteroatoms. The number of aryl methyl sites for hydroxylation is 2. The zero-order chi connectivity index (χ0) is 19.7. The van der Waals surface area contributed by atoms with Gasteiger partial charge in [-0.05, 0) is 18.6 Å². The van der Waals surface area contributed by atoms with Crippen molar-refractivity contribution in [1.82, 2.24) is 29.0 Å².